The number of nitrogens with zero attached hydrogens (tertiary/aromatic N) is 1. The summed E-state index contributed by atoms with van der Waals surface area (Å²) in [6, 6.07) is 10.6. The summed E-state index contributed by atoms with van der Waals surface area (Å²) in [6.45, 7) is 5.24. The third kappa shape index (κ3) is 4.16. The van der Waals surface area contributed by atoms with Crippen LogP contribution in [0.25, 0.3) is 0 Å². The molecular weight excluding hydrogens is 218 g/mol. The lowest BCUT2D eigenvalue weighted by molar-refractivity contribution is 0.0381. The van der Waals surface area contributed by atoms with Crippen molar-refractivity contribution in [3.05, 3.63) is 30.3 Å². The van der Waals surface area contributed by atoms with Gasteiger partial charge in [-0.05, 0) is 30.9 Å². The highest BCUT2D eigenvalue weighted by Gasteiger charge is 2.08. The Morgan fingerprint density at radius 3 is 2.62 bits per heavy atom. The fourth-order valence-corrected chi connectivity index (χ4v) is 2.68. The van der Waals surface area contributed by atoms with E-state index in [-0.39, 0.29) is 0 Å². The average Bonchev–Trinajstić information content (AvgIpc) is 2.37. The smallest absolute Gasteiger partial charge is 0.0594 e. The molecule has 3 heteroatoms. The summed E-state index contributed by atoms with van der Waals surface area (Å²) >= 11 is 1.95. The molecule has 16 heavy (non-hydrogen) atoms. The number of rotatable bonds is 5. The first-order valence-corrected chi connectivity index (χ1v) is 6.92. The number of hydrogen-bond acceptors (Lipinski definition) is 3. The highest BCUT2D eigenvalue weighted by atomic mass is 32.2. The van der Waals surface area contributed by atoms with Crippen molar-refractivity contribution in [3.63, 3.8) is 0 Å². The Balaban J connectivity index is 1.58. The normalized spacial score (nSPS) is 17.5. The molecule has 0 atom stereocenters. The Kier molecular flexibility index (Phi) is 5.19. The minimum atomic E-state index is 0.909. The molecular formula is C13H19NOS. The van der Waals surface area contributed by atoms with Crippen molar-refractivity contribution < 1.29 is 4.74 Å². The van der Waals surface area contributed by atoms with E-state index in [1.165, 1.54) is 23.6 Å². The lowest BCUT2D eigenvalue weighted by Gasteiger charge is -2.26. The van der Waals surface area contributed by atoms with Crippen LogP contribution in [0.5, 0.6) is 0 Å². The van der Waals surface area contributed by atoms with Gasteiger partial charge in [-0.15, -0.1) is 11.8 Å². The van der Waals surface area contributed by atoms with Gasteiger partial charge in [-0.3, -0.25) is 4.90 Å². The second-order valence-corrected chi connectivity index (χ2v) is 5.14. The van der Waals surface area contributed by atoms with Crippen LogP contribution in [0.15, 0.2) is 35.2 Å². The predicted molar refractivity (Wildman–Crippen MR) is 69.0 cm³/mol. The highest BCUT2D eigenvalue weighted by Crippen LogP contribution is 2.17. The molecule has 1 heterocycles. The van der Waals surface area contributed by atoms with Gasteiger partial charge in [-0.2, -0.15) is 0 Å². The van der Waals surface area contributed by atoms with Gasteiger partial charge < -0.3 is 4.74 Å². The molecule has 0 N–H and O–H groups in total. The van der Waals surface area contributed by atoms with E-state index in [1.54, 1.807) is 0 Å². The molecule has 88 valence electrons. The Labute approximate surface area is 102 Å². The van der Waals surface area contributed by atoms with E-state index in [1.807, 2.05) is 11.8 Å². The van der Waals surface area contributed by atoms with Gasteiger partial charge in [-0.25, -0.2) is 0 Å². The number of thioether (sulfide) groups is 1. The summed E-state index contributed by atoms with van der Waals surface area (Å²) in [7, 11) is 0. The first kappa shape index (κ1) is 12.0. The minimum Gasteiger partial charge on any atom is -0.379 e. The van der Waals surface area contributed by atoms with Crippen LogP contribution in [0, 0.1) is 0 Å². The SMILES string of the molecule is c1ccc(SCCCN2CCOCC2)cc1. The molecule has 0 aromatic heterocycles. The topological polar surface area (TPSA) is 12.5 Å². The fraction of sp³-hybridized carbons (Fsp3) is 0.538. The summed E-state index contributed by atoms with van der Waals surface area (Å²) in [6.07, 6.45) is 1.26. The van der Waals surface area contributed by atoms with Gasteiger partial charge in [-0.1, -0.05) is 18.2 Å². The molecule has 0 bridgehead atoms. The van der Waals surface area contributed by atoms with Gasteiger partial charge in [0, 0.05) is 18.0 Å². The summed E-state index contributed by atoms with van der Waals surface area (Å²) in [4.78, 5) is 3.87. The molecule has 2 rings (SSSR count). The lowest BCUT2D eigenvalue weighted by atomic mass is 10.3. The molecule has 1 aromatic carbocycles. The second kappa shape index (κ2) is 6.94. The zero-order valence-corrected chi connectivity index (χ0v) is 10.4. The molecule has 1 fully saturated rings. The molecule has 2 nitrogen and oxygen atoms in total. The molecule has 0 aliphatic carbocycles. The Bertz CT molecular complexity index is 285. The predicted octanol–water partition coefficient (Wildman–Crippen LogP) is 2.50. The van der Waals surface area contributed by atoms with Gasteiger partial charge in [0.15, 0.2) is 0 Å². The van der Waals surface area contributed by atoms with E-state index < -0.39 is 0 Å². The summed E-state index contributed by atoms with van der Waals surface area (Å²) in [5.74, 6) is 1.21. The molecule has 0 spiro atoms. The minimum absolute atomic E-state index is 0.909. The van der Waals surface area contributed by atoms with Gasteiger partial charge in [0.1, 0.15) is 0 Å². The van der Waals surface area contributed by atoms with Crippen molar-refractivity contribution in [3.8, 4) is 0 Å². The summed E-state index contributed by atoms with van der Waals surface area (Å²) in [5.41, 5.74) is 0. The average molecular weight is 237 g/mol. The van der Waals surface area contributed by atoms with Gasteiger partial charge >= 0.3 is 0 Å². The molecule has 0 saturated carbocycles. The van der Waals surface area contributed by atoms with Crippen LogP contribution in [-0.4, -0.2) is 43.5 Å². The van der Waals surface area contributed by atoms with Crippen molar-refractivity contribution in [1.82, 2.24) is 4.90 Å². The zero-order chi connectivity index (χ0) is 11.1. The van der Waals surface area contributed by atoms with Crippen LogP contribution in [-0.2, 0) is 4.74 Å². The van der Waals surface area contributed by atoms with Gasteiger partial charge in [0.25, 0.3) is 0 Å². The van der Waals surface area contributed by atoms with Gasteiger partial charge in [0.2, 0.25) is 0 Å². The molecule has 0 radical (unpaired) electrons. The standard InChI is InChI=1S/C13H19NOS/c1-2-5-13(6-3-1)16-12-4-7-14-8-10-15-11-9-14/h1-3,5-6H,4,7-12H2. The second-order valence-electron chi connectivity index (χ2n) is 3.97. The first-order valence-electron chi connectivity index (χ1n) is 5.93. The molecule has 1 saturated heterocycles. The molecule has 0 unspecified atom stereocenters. The van der Waals surface area contributed by atoms with Crippen LogP contribution >= 0.6 is 11.8 Å². The maximum Gasteiger partial charge on any atom is 0.0594 e. The molecule has 1 aliphatic heterocycles. The van der Waals surface area contributed by atoms with Crippen molar-refractivity contribution in [1.29, 1.82) is 0 Å². The molecule has 0 amide bonds. The van der Waals surface area contributed by atoms with Crippen LogP contribution in [0.4, 0.5) is 0 Å². The summed E-state index contributed by atoms with van der Waals surface area (Å²) < 4.78 is 5.33. The number of ether oxygens (including phenoxy) is 1. The van der Waals surface area contributed by atoms with E-state index >= 15 is 0 Å². The third-order valence-electron chi connectivity index (χ3n) is 2.73. The monoisotopic (exact) mass is 237 g/mol. The van der Waals surface area contributed by atoms with E-state index in [9.17, 15) is 0 Å². The van der Waals surface area contributed by atoms with E-state index in [0.717, 1.165) is 26.3 Å². The maximum absolute atomic E-state index is 5.33. The van der Waals surface area contributed by atoms with Crippen molar-refractivity contribution in [2.45, 2.75) is 11.3 Å². The Morgan fingerprint density at radius 2 is 1.88 bits per heavy atom. The molecule has 1 aromatic rings. The number of hydrogen-bond donors (Lipinski definition) is 0. The largest absolute Gasteiger partial charge is 0.379 e. The zero-order valence-electron chi connectivity index (χ0n) is 9.60. The number of benzene rings is 1. The maximum atomic E-state index is 5.33. The van der Waals surface area contributed by atoms with Crippen LogP contribution < -0.4 is 0 Å². The quantitative estimate of drug-likeness (QED) is 0.577. The van der Waals surface area contributed by atoms with Crippen LogP contribution in [0.2, 0.25) is 0 Å². The van der Waals surface area contributed by atoms with Crippen molar-refractivity contribution in [2.75, 3.05) is 38.6 Å². The first-order chi connectivity index (χ1) is 7.95. The van der Waals surface area contributed by atoms with Crippen LogP contribution in [0.1, 0.15) is 6.42 Å². The Morgan fingerprint density at radius 1 is 1.12 bits per heavy atom. The van der Waals surface area contributed by atoms with Gasteiger partial charge in [0.05, 0.1) is 13.2 Å². The van der Waals surface area contributed by atoms with E-state index in [2.05, 4.69) is 35.2 Å². The highest BCUT2D eigenvalue weighted by molar-refractivity contribution is 7.99. The fourth-order valence-electron chi connectivity index (χ4n) is 1.82. The number of morpholine rings is 1. The van der Waals surface area contributed by atoms with Crippen molar-refractivity contribution in [2.24, 2.45) is 0 Å². The lowest BCUT2D eigenvalue weighted by Crippen LogP contribution is -2.36. The Hall–Kier alpha value is -0.510. The van der Waals surface area contributed by atoms with Crippen molar-refractivity contribution >= 4 is 11.8 Å². The van der Waals surface area contributed by atoms with E-state index in [4.69, 9.17) is 4.74 Å². The van der Waals surface area contributed by atoms with E-state index in [0.29, 0.717) is 0 Å². The molecule has 1 aliphatic rings. The third-order valence-corrected chi connectivity index (χ3v) is 3.83. The summed E-state index contributed by atoms with van der Waals surface area (Å²) in [5, 5.41) is 0. The van der Waals surface area contributed by atoms with Crippen LogP contribution in [0.3, 0.4) is 0 Å².